The van der Waals surface area contributed by atoms with Gasteiger partial charge in [-0.2, -0.15) is 0 Å². The highest BCUT2D eigenvalue weighted by atomic mass is 35.5. The van der Waals surface area contributed by atoms with Crippen molar-refractivity contribution in [2.45, 2.75) is 13.1 Å². The molecule has 3 aromatic carbocycles. The van der Waals surface area contributed by atoms with Gasteiger partial charge in [0, 0.05) is 38.3 Å². The van der Waals surface area contributed by atoms with Crippen LogP contribution in [0.15, 0.2) is 83.9 Å². The van der Waals surface area contributed by atoms with Crippen molar-refractivity contribution in [1.29, 1.82) is 0 Å². The van der Waals surface area contributed by atoms with Crippen molar-refractivity contribution >= 4 is 63.1 Å². The molecule has 5 rings (SSSR count). The Balaban J connectivity index is 1.38. The van der Waals surface area contributed by atoms with E-state index < -0.39 is 0 Å². The van der Waals surface area contributed by atoms with Crippen molar-refractivity contribution in [3.05, 3.63) is 105 Å². The van der Waals surface area contributed by atoms with Gasteiger partial charge in [0.2, 0.25) is 0 Å². The van der Waals surface area contributed by atoms with Crippen LogP contribution < -0.4 is 4.74 Å². The van der Waals surface area contributed by atoms with Gasteiger partial charge in [-0.05, 0) is 48.2 Å². The first kappa shape index (κ1) is 23.5. The zero-order valence-corrected chi connectivity index (χ0v) is 20.8. The van der Waals surface area contributed by atoms with Gasteiger partial charge in [-0.1, -0.05) is 65.7 Å². The number of para-hydroxylation sites is 2. The topological polar surface area (TPSA) is 51.5 Å². The smallest absolute Gasteiger partial charge is 0.293 e. The number of halogens is 2. The van der Waals surface area contributed by atoms with E-state index in [0.29, 0.717) is 33.7 Å². The summed E-state index contributed by atoms with van der Waals surface area (Å²) in [5.41, 5.74) is 2.44. The number of benzene rings is 3. The lowest BCUT2D eigenvalue weighted by molar-refractivity contribution is -0.123. The molecule has 0 unspecified atom stereocenters. The number of carbonyl (C=O) groups excluding carboxylic acids is 2. The van der Waals surface area contributed by atoms with Crippen LogP contribution in [0.2, 0.25) is 10.0 Å². The Hall–Kier alpha value is -3.19. The summed E-state index contributed by atoms with van der Waals surface area (Å²) < 4.78 is 7.95. The molecule has 5 nitrogen and oxygen atoms in total. The second-order valence-corrected chi connectivity index (χ2v) is 9.73. The van der Waals surface area contributed by atoms with Crippen LogP contribution >= 0.6 is 35.0 Å². The van der Waals surface area contributed by atoms with Gasteiger partial charge < -0.3 is 9.30 Å². The van der Waals surface area contributed by atoms with Crippen molar-refractivity contribution in [2.75, 3.05) is 6.61 Å². The van der Waals surface area contributed by atoms with Crippen molar-refractivity contribution in [3.8, 4) is 5.75 Å². The lowest BCUT2D eigenvalue weighted by Crippen LogP contribution is -2.27. The summed E-state index contributed by atoms with van der Waals surface area (Å²) in [6.45, 7) is 1.16. The first-order chi connectivity index (χ1) is 17.0. The van der Waals surface area contributed by atoms with E-state index in [-0.39, 0.29) is 17.7 Å². The predicted octanol–water partition coefficient (Wildman–Crippen LogP) is 7.26. The molecule has 176 valence electrons. The average molecular weight is 523 g/mol. The molecule has 0 atom stereocenters. The van der Waals surface area contributed by atoms with E-state index in [1.165, 1.54) is 4.90 Å². The Morgan fingerprint density at radius 3 is 2.37 bits per heavy atom. The van der Waals surface area contributed by atoms with Gasteiger partial charge >= 0.3 is 0 Å². The van der Waals surface area contributed by atoms with Crippen LogP contribution in [-0.4, -0.2) is 27.2 Å². The Bertz CT molecular complexity index is 1430. The minimum absolute atomic E-state index is 0.0269. The molecule has 1 aliphatic heterocycles. The SMILES string of the molecule is O=C1S/C(=C\c2cn(CCOc3ccccc3)c3ccccc23)C(=O)N1Cc1c(Cl)cccc1Cl. The molecule has 0 aliphatic carbocycles. The van der Waals surface area contributed by atoms with Crippen LogP contribution in [0.25, 0.3) is 17.0 Å². The Labute approximate surface area is 216 Å². The van der Waals surface area contributed by atoms with Crippen LogP contribution in [0.1, 0.15) is 11.1 Å². The highest BCUT2D eigenvalue weighted by molar-refractivity contribution is 8.18. The minimum atomic E-state index is -0.361. The van der Waals surface area contributed by atoms with E-state index in [9.17, 15) is 9.59 Å². The summed E-state index contributed by atoms with van der Waals surface area (Å²) >= 11 is 13.4. The van der Waals surface area contributed by atoms with Gasteiger partial charge in [-0.3, -0.25) is 14.5 Å². The standard InChI is InChI=1S/C27H20Cl2N2O3S/c28-22-10-6-11-23(29)21(22)17-31-26(32)25(35-27(31)33)15-18-16-30(24-12-5-4-9-20(18)24)13-14-34-19-7-2-1-3-8-19/h1-12,15-16H,13-14,17H2/b25-15-. The number of rotatable bonds is 7. The highest BCUT2D eigenvalue weighted by Gasteiger charge is 2.36. The van der Waals surface area contributed by atoms with Crippen LogP contribution in [0.4, 0.5) is 4.79 Å². The van der Waals surface area contributed by atoms with Gasteiger partial charge in [0.1, 0.15) is 12.4 Å². The van der Waals surface area contributed by atoms with Crippen molar-refractivity contribution < 1.29 is 14.3 Å². The molecule has 35 heavy (non-hydrogen) atoms. The Morgan fingerprint density at radius 2 is 1.60 bits per heavy atom. The molecular formula is C27H20Cl2N2O3S. The number of fused-ring (bicyclic) bond motifs is 1. The largest absolute Gasteiger partial charge is 0.492 e. The fourth-order valence-electron chi connectivity index (χ4n) is 3.97. The number of aromatic nitrogens is 1. The van der Waals surface area contributed by atoms with Crippen LogP contribution in [0.3, 0.4) is 0 Å². The maximum atomic E-state index is 13.1. The summed E-state index contributed by atoms with van der Waals surface area (Å²) in [6.07, 6.45) is 3.76. The van der Waals surface area contributed by atoms with Gasteiger partial charge in [-0.15, -0.1) is 0 Å². The predicted molar refractivity (Wildman–Crippen MR) is 142 cm³/mol. The first-order valence-electron chi connectivity index (χ1n) is 11.0. The summed E-state index contributed by atoms with van der Waals surface area (Å²) in [4.78, 5) is 27.3. The lowest BCUT2D eigenvalue weighted by Gasteiger charge is -2.14. The molecule has 0 radical (unpaired) electrons. The molecule has 4 aromatic rings. The average Bonchev–Trinajstić information content (AvgIpc) is 3.34. The van der Waals surface area contributed by atoms with Crippen LogP contribution in [0.5, 0.6) is 5.75 Å². The molecule has 2 amide bonds. The van der Waals surface area contributed by atoms with E-state index in [2.05, 4.69) is 4.57 Å². The third-order valence-corrected chi connectivity index (χ3v) is 7.32. The van der Waals surface area contributed by atoms with E-state index in [4.69, 9.17) is 27.9 Å². The maximum absolute atomic E-state index is 13.1. The van der Waals surface area contributed by atoms with E-state index >= 15 is 0 Å². The molecule has 8 heteroatoms. The molecule has 1 aliphatic rings. The molecular weight excluding hydrogens is 503 g/mol. The molecule has 1 saturated heterocycles. The van der Waals surface area contributed by atoms with E-state index in [1.807, 2.05) is 60.8 Å². The molecule has 2 heterocycles. The zero-order valence-electron chi connectivity index (χ0n) is 18.5. The number of amides is 2. The maximum Gasteiger partial charge on any atom is 0.293 e. The van der Waals surface area contributed by atoms with E-state index in [1.54, 1.807) is 24.3 Å². The number of imide groups is 1. The second-order valence-electron chi connectivity index (χ2n) is 7.92. The van der Waals surface area contributed by atoms with Crippen LogP contribution in [0, 0.1) is 0 Å². The lowest BCUT2D eigenvalue weighted by atomic mass is 10.1. The summed E-state index contributed by atoms with van der Waals surface area (Å²) in [5.74, 6) is 0.455. The van der Waals surface area contributed by atoms with Crippen molar-refractivity contribution in [1.82, 2.24) is 9.47 Å². The number of nitrogens with zero attached hydrogens (tertiary/aromatic N) is 2. The monoisotopic (exact) mass is 522 g/mol. The molecule has 0 saturated carbocycles. The molecule has 0 bridgehead atoms. The van der Waals surface area contributed by atoms with Gasteiger partial charge in [0.25, 0.3) is 11.1 Å². The number of thioether (sulfide) groups is 1. The van der Waals surface area contributed by atoms with Gasteiger partial charge in [0.05, 0.1) is 18.0 Å². The highest BCUT2D eigenvalue weighted by Crippen LogP contribution is 2.36. The normalized spacial score (nSPS) is 14.9. The second kappa shape index (κ2) is 10.2. The number of carbonyl (C=O) groups is 2. The molecule has 0 spiro atoms. The third-order valence-electron chi connectivity index (χ3n) is 5.70. The van der Waals surface area contributed by atoms with Crippen molar-refractivity contribution in [2.24, 2.45) is 0 Å². The summed E-state index contributed by atoms with van der Waals surface area (Å²) in [5, 5.41) is 1.48. The summed E-state index contributed by atoms with van der Waals surface area (Å²) in [7, 11) is 0. The van der Waals surface area contributed by atoms with E-state index in [0.717, 1.165) is 34.0 Å². The summed E-state index contributed by atoms with van der Waals surface area (Å²) in [6, 6.07) is 22.7. The van der Waals surface area contributed by atoms with Gasteiger partial charge in [-0.25, -0.2) is 0 Å². The fraction of sp³-hybridized carbons (Fsp3) is 0.111. The Kier molecular flexibility index (Phi) is 6.86. The molecule has 1 fully saturated rings. The van der Waals surface area contributed by atoms with Crippen molar-refractivity contribution in [3.63, 3.8) is 0 Å². The Morgan fingerprint density at radius 1 is 0.886 bits per heavy atom. The number of ether oxygens (including phenoxy) is 1. The molecule has 0 N–H and O–H groups in total. The minimum Gasteiger partial charge on any atom is -0.492 e. The number of hydrogen-bond donors (Lipinski definition) is 0. The quantitative estimate of drug-likeness (QED) is 0.239. The fourth-order valence-corrected chi connectivity index (χ4v) is 5.32. The van der Waals surface area contributed by atoms with Crippen LogP contribution in [-0.2, 0) is 17.9 Å². The van der Waals surface area contributed by atoms with Gasteiger partial charge in [0.15, 0.2) is 0 Å². The molecule has 1 aromatic heterocycles. The zero-order chi connectivity index (χ0) is 24.4. The third kappa shape index (κ3) is 4.96. The first-order valence-corrected chi connectivity index (χ1v) is 12.5. The number of hydrogen-bond acceptors (Lipinski definition) is 4.